The standard InChI is InChI=1S/C7H12O2.CH3.U/c1-2-6-9-7-4-3-5-8;;/h1,8H,3-7H2;1H3;/q;-1;. The van der Waals surface area contributed by atoms with Crippen molar-refractivity contribution in [3.63, 3.8) is 0 Å². The van der Waals surface area contributed by atoms with Crippen molar-refractivity contribution in [3.8, 4) is 12.3 Å². The van der Waals surface area contributed by atoms with Gasteiger partial charge in [-0.1, -0.05) is 5.92 Å². The fourth-order valence-corrected chi connectivity index (χ4v) is 0.447. The largest absolute Gasteiger partial charge is 0.396 e. The molecule has 0 aliphatic rings. The van der Waals surface area contributed by atoms with Crippen molar-refractivity contribution >= 4 is 0 Å². The molecule has 0 spiro atoms. The Kier molecular flexibility index (Phi) is 26.9. The Morgan fingerprint density at radius 1 is 1.36 bits per heavy atom. The summed E-state index contributed by atoms with van der Waals surface area (Å²) in [5.41, 5.74) is 0. The van der Waals surface area contributed by atoms with Crippen LogP contribution in [0.3, 0.4) is 0 Å². The normalized spacial score (nSPS) is 7.27. The van der Waals surface area contributed by atoms with Gasteiger partial charge in [0, 0.05) is 44.3 Å². The smallest absolute Gasteiger partial charge is 0.107 e. The molecule has 2 nitrogen and oxygen atoms in total. The van der Waals surface area contributed by atoms with E-state index in [-0.39, 0.29) is 45.1 Å². The fourth-order valence-electron chi connectivity index (χ4n) is 0.447. The first-order valence-electron chi connectivity index (χ1n) is 3.04. The van der Waals surface area contributed by atoms with Crippen LogP contribution < -0.4 is 0 Å². The van der Waals surface area contributed by atoms with E-state index in [1.807, 2.05) is 0 Å². The van der Waals surface area contributed by atoms with E-state index in [2.05, 4.69) is 5.92 Å². The zero-order chi connectivity index (χ0) is 6.95. The Labute approximate surface area is 93.1 Å². The number of terminal acetylenes is 1. The van der Waals surface area contributed by atoms with E-state index in [1.54, 1.807) is 0 Å². The van der Waals surface area contributed by atoms with E-state index in [4.69, 9.17) is 16.3 Å². The van der Waals surface area contributed by atoms with E-state index < -0.39 is 0 Å². The fraction of sp³-hybridized carbons (Fsp3) is 0.625. The van der Waals surface area contributed by atoms with Crippen molar-refractivity contribution in [2.45, 2.75) is 12.8 Å². The second kappa shape index (κ2) is 16.9. The van der Waals surface area contributed by atoms with Crippen molar-refractivity contribution in [1.29, 1.82) is 0 Å². The van der Waals surface area contributed by atoms with Gasteiger partial charge in [0.25, 0.3) is 0 Å². The maximum atomic E-state index is 8.33. The van der Waals surface area contributed by atoms with Crippen LogP contribution in [0, 0.1) is 50.9 Å². The average molecular weight is 381 g/mol. The summed E-state index contributed by atoms with van der Waals surface area (Å²) in [5, 5.41) is 8.33. The van der Waals surface area contributed by atoms with Gasteiger partial charge in [0.2, 0.25) is 0 Å². The zero-order valence-electron chi connectivity index (χ0n) is 6.97. The molecule has 0 aromatic heterocycles. The predicted molar refractivity (Wildman–Crippen MR) is 42.4 cm³/mol. The summed E-state index contributed by atoms with van der Waals surface area (Å²) in [6.07, 6.45) is 6.60. The van der Waals surface area contributed by atoms with E-state index in [1.165, 1.54) is 0 Å². The van der Waals surface area contributed by atoms with Crippen LogP contribution in [0.5, 0.6) is 0 Å². The number of hydrogen-bond donors (Lipinski definition) is 1. The van der Waals surface area contributed by atoms with E-state index >= 15 is 0 Å². The molecule has 3 heteroatoms. The summed E-state index contributed by atoms with van der Waals surface area (Å²) in [4.78, 5) is 0. The van der Waals surface area contributed by atoms with E-state index in [0.29, 0.717) is 13.2 Å². The maximum absolute atomic E-state index is 8.33. The minimum absolute atomic E-state index is 0. The summed E-state index contributed by atoms with van der Waals surface area (Å²) < 4.78 is 4.94. The Balaban J connectivity index is -0.000000320. The molecule has 0 fully saturated rings. The van der Waals surface area contributed by atoms with Gasteiger partial charge in [0.1, 0.15) is 6.61 Å². The second-order valence-electron chi connectivity index (χ2n) is 1.69. The minimum Gasteiger partial charge on any atom is -0.396 e. The van der Waals surface area contributed by atoms with Crippen LogP contribution in [-0.2, 0) is 4.74 Å². The van der Waals surface area contributed by atoms with Crippen molar-refractivity contribution < 1.29 is 41.0 Å². The van der Waals surface area contributed by atoms with Crippen molar-refractivity contribution in [3.05, 3.63) is 7.43 Å². The van der Waals surface area contributed by atoms with Gasteiger partial charge in [-0.05, 0) is 12.8 Å². The Hall–Kier alpha value is 0.532. The van der Waals surface area contributed by atoms with Crippen molar-refractivity contribution in [1.82, 2.24) is 0 Å². The number of unbranched alkanes of at least 4 members (excludes halogenated alkanes) is 1. The molecule has 0 unspecified atom stereocenters. The van der Waals surface area contributed by atoms with E-state index in [0.717, 1.165) is 12.8 Å². The number of aliphatic hydroxyl groups is 1. The summed E-state index contributed by atoms with van der Waals surface area (Å²) in [5.74, 6) is 2.36. The predicted octanol–water partition coefficient (Wildman–Crippen LogP) is 0.859. The van der Waals surface area contributed by atoms with Gasteiger partial charge in [-0.3, -0.25) is 0 Å². The Bertz CT molecular complexity index is 88.6. The molecule has 0 amide bonds. The van der Waals surface area contributed by atoms with Crippen LogP contribution in [0.2, 0.25) is 0 Å². The first-order chi connectivity index (χ1) is 4.41. The first-order valence-corrected chi connectivity index (χ1v) is 3.04. The molecule has 0 rings (SSSR count). The summed E-state index contributed by atoms with van der Waals surface area (Å²) in [6.45, 7) is 1.27. The van der Waals surface area contributed by atoms with Gasteiger partial charge < -0.3 is 17.3 Å². The topological polar surface area (TPSA) is 29.5 Å². The molecular formula is C8H15O2U-. The molecule has 0 bridgehead atoms. The molecule has 11 heavy (non-hydrogen) atoms. The summed E-state index contributed by atoms with van der Waals surface area (Å²) >= 11 is 0. The third kappa shape index (κ3) is 18.0. The molecule has 0 aromatic carbocycles. The molecule has 0 saturated heterocycles. The van der Waals surface area contributed by atoms with Gasteiger partial charge in [0.05, 0.1) is 0 Å². The Morgan fingerprint density at radius 3 is 2.45 bits per heavy atom. The molecule has 1 N–H and O–H groups in total. The summed E-state index contributed by atoms with van der Waals surface area (Å²) in [6, 6.07) is 0. The molecule has 0 aliphatic heterocycles. The van der Waals surface area contributed by atoms with Crippen molar-refractivity contribution in [2.24, 2.45) is 0 Å². The van der Waals surface area contributed by atoms with Crippen LogP contribution in [-0.4, -0.2) is 24.9 Å². The Morgan fingerprint density at radius 2 is 2.00 bits per heavy atom. The van der Waals surface area contributed by atoms with Crippen LogP contribution in [0.25, 0.3) is 0 Å². The third-order valence-electron chi connectivity index (χ3n) is 0.882. The molecule has 64 valence electrons. The van der Waals surface area contributed by atoms with Gasteiger partial charge in [-0.2, -0.15) is 0 Å². The van der Waals surface area contributed by atoms with Crippen LogP contribution in [0.1, 0.15) is 12.8 Å². The zero-order valence-corrected chi connectivity index (χ0v) is 11.1. The van der Waals surface area contributed by atoms with Gasteiger partial charge in [-0.25, -0.2) is 0 Å². The second-order valence-corrected chi connectivity index (χ2v) is 1.69. The number of ether oxygens (including phenoxy) is 1. The van der Waals surface area contributed by atoms with Gasteiger partial charge in [-0.15, -0.1) is 6.42 Å². The van der Waals surface area contributed by atoms with Crippen molar-refractivity contribution in [2.75, 3.05) is 19.8 Å². The monoisotopic (exact) mass is 381 g/mol. The quantitative estimate of drug-likeness (QED) is 0.435. The number of hydrogen-bond acceptors (Lipinski definition) is 2. The maximum Gasteiger partial charge on any atom is 0.107 e. The molecular weight excluding hydrogens is 366 g/mol. The molecule has 0 heterocycles. The van der Waals surface area contributed by atoms with Crippen LogP contribution in [0.15, 0.2) is 0 Å². The van der Waals surface area contributed by atoms with Crippen LogP contribution >= 0.6 is 0 Å². The third-order valence-corrected chi connectivity index (χ3v) is 0.882. The van der Waals surface area contributed by atoms with Crippen LogP contribution in [0.4, 0.5) is 0 Å². The number of aliphatic hydroxyl groups excluding tert-OH is 1. The SMILES string of the molecule is C#CCOCCCCO.[CH3-].[U]. The average Bonchev–Trinajstić information content (AvgIpc) is 1.89. The minimum atomic E-state index is 0. The van der Waals surface area contributed by atoms with Gasteiger partial charge in [0.15, 0.2) is 0 Å². The molecule has 0 aromatic rings. The summed E-state index contributed by atoms with van der Waals surface area (Å²) in [7, 11) is 0. The number of rotatable bonds is 5. The molecule has 0 aliphatic carbocycles. The first kappa shape index (κ1) is 17.6. The molecule has 0 atom stereocenters. The molecule has 0 saturated carbocycles. The van der Waals surface area contributed by atoms with Gasteiger partial charge >= 0.3 is 0 Å². The van der Waals surface area contributed by atoms with E-state index in [9.17, 15) is 0 Å². The molecule has 0 radical (unpaired) electrons.